The highest BCUT2D eigenvalue weighted by Crippen LogP contribution is 2.39. The Balaban J connectivity index is 0.00000259. The Morgan fingerprint density at radius 3 is 2.82 bits per heavy atom. The monoisotopic (exact) mass is 469 g/mol. The van der Waals surface area contributed by atoms with Crippen molar-refractivity contribution in [2.45, 2.75) is 25.3 Å². The van der Waals surface area contributed by atoms with Crippen LogP contribution >= 0.6 is 12.4 Å². The van der Waals surface area contributed by atoms with Crippen LogP contribution in [0.15, 0.2) is 70.1 Å². The first-order valence-corrected chi connectivity index (χ1v) is 10.2. The molecule has 1 aliphatic rings. The molecule has 0 unspecified atom stereocenters. The molecule has 0 aliphatic heterocycles. The highest BCUT2D eigenvalue weighted by Gasteiger charge is 2.29. The molecule has 11 heteroatoms. The first-order chi connectivity index (χ1) is 15.7. The number of benzene rings is 1. The Kier molecular flexibility index (Phi) is 6.47. The van der Waals surface area contributed by atoms with E-state index in [1.54, 1.807) is 18.3 Å². The van der Waals surface area contributed by atoms with E-state index in [0.29, 0.717) is 35.3 Å². The molecule has 1 aliphatic carbocycles. The van der Waals surface area contributed by atoms with Crippen molar-refractivity contribution in [2.75, 3.05) is 6.54 Å². The van der Waals surface area contributed by atoms with Gasteiger partial charge in [0.15, 0.2) is 0 Å². The molecule has 3 aromatic heterocycles. The number of hydrogen-bond acceptors (Lipinski definition) is 7. The Morgan fingerprint density at radius 1 is 1.24 bits per heavy atom. The van der Waals surface area contributed by atoms with Gasteiger partial charge in [-0.05, 0) is 36.6 Å². The van der Waals surface area contributed by atoms with E-state index in [2.05, 4.69) is 20.2 Å². The van der Waals surface area contributed by atoms with Gasteiger partial charge in [0.2, 0.25) is 11.7 Å². The average Bonchev–Trinajstić information content (AvgIpc) is 3.45. The summed E-state index contributed by atoms with van der Waals surface area (Å²) in [6.07, 6.45) is 5.59. The Hall–Kier alpha value is -3.63. The van der Waals surface area contributed by atoms with Crippen LogP contribution in [0.5, 0.6) is 0 Å². The number of halogens is 2. The Labute approximate surface area is 194 Å². The zero-order chi connectivity index (χ0) is 22.1. The van der Waals surface area contributed by atoms with Gasteiger partial charge < -0.3 is 10.3 Å². The van der Waals surface area contributed by atoms with Crippen LogP contribution in [-0.4, -0.2) is 36.0 Å². The van der Waals surface area contributed by atoms with Crippen molar-refractivity contribution < 1.29 is 8.91 Å². The SMILES string of the molecule is Cl.NC/C(=C\F)Cn1ncn(-c2ccnc(-c3cccc(-c4noc(C5CC5)n4)c3)c2)c1=O. The van der Waals surface area contributed by atoms with Crippen LogP contribution in [0, 0.1) is 0 Å². The predicted molar refractivity (Wildman–Crippen MR) is 122 cm³/mol. The zero-order valence-electron chi connectivity index (χ0n) is 17.5. The second-order valence-corrected chi connectivity index (χ2v) is 7.62. The first-order valence-electron chi connectivity index (χ1n) is 10.2. The second kappa shape index (κ2) is 9.47. The lowest BCUT2D eigenvalue weighted by Gasteiger charge is -2.06. The van der Waals surface area contributed by atoms with Gasteiger partial charge in [0.25, 0.3) is 0 Å². The number of hydrogen-bond donors (Lipinski definition) is 1. The molecular weight excluding hydrogens is 449 g/mol. The maximum Gasteiger partial charge on any atom is 0.350 e. The number of aromatic nitrogens is 6. The van der Waals surface area contributed by atoms with E-state index in [1.165, 1.54) is 10.9 Å². The molecule has 0 amide bonds. The van der Waals surface area contributed by atoms with Crippen LogP contribution in [0.3, 0.4) is 0 Å². The molecule has 1 saturated carbocycles. The van der Waals surface area contributed by atoms with Crippen molar-refractivity contribution >= 4 is 12.4 Å². The summed E-state index contributed by atoms with van der Waals surface area (Å²) >= 11 is 0. The Morgan fingerprint density at radius 2 is 2.06 bits per heavy atom. The molecule has 0 spiro atoms. The van der Waals surface area contributed by atoms with Gasteiger partial charge in [-0.25, -0.2) is 18.4 Å². The number of rotatable bonds is 7. The molecule has 4 aromatic rings. The van der Waals surface area contributed by atoms with Crippen molar-refractivity contribution in [3.05, 3.63) is 77.2 Å². The van der Waals surface area contributed by atoms with E-state index in [9.17, 15) is 9.18 Å². The van der Waals surface area contributed by atoms with Crippen molar-refractivity contribution in [1.82, 2.24) is 29.5 Å². The maximum atomic E-state index is 12.8. The van der Waals surface area contributed by atoms with Gasteiger partial charge in [0.1, 0.15) is 6.33 Å². The minimum absolute atomic E-state index is 0. The third-order valence-electron chi connectivity index (χ3n) is 5.31. The van der Waals surface area contributed by atoms with Crippen molar-refractivity contribution in [1.29, 1.82) is 0 Å². The van der Waals surface area contributed by atoms with E-state index in [1.807, 2.05) is 24.3 Å². The topological polar surface area (TPSA) is 118 Å². The highest BCUT2D eigenvalue weighted by atomic mass is 35.5. The van der Waals surface area contributed by atoms with Crippen LogP contribution in [0.1, 0.15) is 24.7 Å². The van der Waals surface area contributed by atoms with Crippen molar-refractivity contribution in [2.24, 2.45) is 5.73 Å². The summed E-state index contributed by atoms with van der Waals surface area (Å²) < 4.78 is 20.7. The van der Waals surface area contributed by atoms with Gasteiger partial charge >= 0.3 is 5.69 Å². The fraction of sp³-hybridized carbons (Fsp3) is 0.227. The van der Waals surface area contributed by atoms with Gasteiger partial charge in [-0.3, -0.25) is 4.98 Å². The normalized spacial score (nSPS) is 13.7. The number of nitrogens with two attached hydrogens (primary N) is 1. The molecule has 9 nitrogen and oxygen atoms in total. The largest absolute Gasteiger partial charge is 0.350 e. The Bertz CT molecular complexity index is 1360. The van der Waals surface area contributed by atoms with Crippen LogP contribution in [0.25, 0.3) is 28.3 Å². The second-order valence-electron chi connectivity index (χ2n) is 7.62. The summed E-state index contributed by atoms with van der Waals surface area (Å²) in [7, 11) is 0. The third-order valence-corrected chi connectivity index (χ3v) is 5.31. The zero-order valence-corrected chi connectivity index (χ0v) is 18.3. The molecule has 33 heavy (non-hydrogen) atoms. The van der Waals surface area contributed by atoms with Gasteiger partial charge in [0.05, 0.1) is 24.3 Å². The molecule has 0 radical (unpaired) electrons. The van der Waals surface area contributed by atoms with Gasteiger partial charge in [-0.15, -0.1) is 12.4 Å². The van der Waals surface area contributed by atoms with Crippen molar-refractivity contribution in [3.8, 4) is 28.3 Å². The van der Waals surface area contributed by atoms with Crippen LogP contribution < -0.4 is 11.4 Å². The van der Waals surface area contributed by atoms with Crippen LogP contribution in [-0.2, 0) is 6.54 Å². The molecule has 2 N–H and O–H groups in total. The minimum Gasteiger partial charge on any atom is -0.339 e. The van der Waals surface area contributed by atoms with E-state index < -0.39 is 5.69 Å². The van der Waals surface area contributed by atoms with Gasteiger partial charge in [0, 0.05) is 29.8 Å². The smallest absolute Gasteiger partial charge is 0.339 e. The lowest BCUT2D eigenvalue weighted by Crippen LogP contribution is -2.26. The quantitative estimate of drug-likeness (QED) is 0.441. The lowest BCUT2D eigenvalue weighted by molar-refractivity contribution is 0.380. The fourth-order valence-corrected chi connectivity index (χ4v) is 3.35. The molecule has 1 aromatic carbocycles. The van der Waals surface area contributed by atoms with E-state index in [4.69, 9.17) is 10.3 Å². The van der Waals surface area contributed by atoms with Crippen molar-refractivity contribution in [3.63, 3.8) is 0 Å². The molecule has 5 rings (SSSR count). The summed E-state index contributed by atoms with van der Waals surface area (Å²) in [5, 5.41) is 8.16. The molecule has 0 atom stereocenters. The molecule has 0 saturated heterocycles. The number of nitrogens with zero attached hydrogens (tertiary/aromatic N) is 6. The van der Waals surface area contributed by atoms with E-state index >= 15 is 0 Å². The summed E-state index contributed by atoms with van der Waals surface area (Å²) in [4.78, 5) is 21.7. The minimum atomic E-state index is -0.400. The van der Waals surface area contributed by atoms with E-state index in [-0.39, 0.29) is 31.1 Å². The number of pyridine rings is 1. The highest BCUT2D eigenvalue weighted by molar-refractivity contribution is 5.85. The van der Waals surface area contributed by atoms with Gasteiger partial charge in [-0.1, -0.05) is 23.4 Å². The molecule has 0 bridgehead atoms. The summed E-state index contributed by atoms with van der Waals surface area (Å²) in [5.74, 6) is 1.61. The standard InChI is InChI=1S/C22H20FN7O2.ClH/c23-10-14(11-24)12-30-22(31)29(13-26-30)18-6-7-25-19(9-18)16-2-1-3-17(8-16)20-27-21(32-28-20)15-4-5-15;/h1-3,6-10,13,15H,4-5,11-12,24H2;1H/b14-10+;. The van der Waals surface area contributed by atoms with Crippen LogP contribution in [0.4, 0.5) is 4.39 Å². The van der Waals surface area contributed by atoms with E-state index in [0.717, 1.165) is 28.7 Å². The summed E-state index contributed by atoms with van der Waals surface area (Å²) in [6, 6.07) is 11.2. The molecular formula is C22H21ClFN7O2. The lowest BCUT2D eigenvalue weighted by atomic mass is 10.1. The third kappa shape index (κ3) is 4.62. The molecule has 1 fully saturated rings. The fourth-order valence-electron chi connectivity index (χ4n) is 3.35. The first kappa shape index (κ1) is 22.6. The van der Waals surface area contributed by atoms with Gasteiger partial charge in [-0.2, -0.15) is 10.1 Å². The summed E-state index contributed by atoms with van der Waals surface area (Å²) in [6.45, 7) is 0.000434. The molecule has 170 valence electrons. The summed E-state index contributed by atoms with van der Waals surface area (Å²) in [5.41, 5.74) is 8.27. The maximum absolute atomic E-state index is 12.8. The molecule has 3 heterocycles. The predicted octanol–water partition coefficient (Wildman–Crippen LogP) is 3.26. The average molecular weight is 470 g/mol. The van der Waals surface area contributed by atoms with Crippen LogP contribution in [0.2, 0.25) is 0 Å².